The molecule has 0 saturated heterocycles. The Hall–Kier alpha value is -2.46. The van der Waals surface area contributed by atoms with Gasteiger partial charge in [-0.25, -0.2) is 9.59 Å². The molecule has 1 aromatic carbocycles. The maximum absolute atomic E-state index is 12.2. The van der Waals surface area contributed by atoms with Gasteiger partial charge in [-0.2, -0.15) is 4.99 Å². The number of ether oxygens (including phenoxy) is 1. The zero-order chi connectivity index (χ0) is 16.5. The summed E-state index contributed by atoms with van der Waals surface area (Å²) in [7, 11) is 2.83. The highest BCUT2D eigenvalue weighted by Crippen LogP contribution is 2.32. The van der Waals surface area contributed by atoms with Gasteiger partial charge in [-0.15, -0.1) is 0 Å². The Balaban J connectivity index is 3.14. The number of aliphatic imine (C=N–C) groups is 1. The number of hydrogen-bond acceptors (Lipinski definition) is 5. The summed E-state index contributed by atoms with van der Waals surface area (Å²) in [6, 6.07) is 4.72. The molecule has 0 N–H and O–H groups in total. The van der Waals surface area contributed by atoms with Crippen molar-refractivity contribution < 1.29 is 19.1 Å². The first-order valence-corrected chi connectivity index (χ1v) is 7.12. The minimum Gasteiger partial charge on any atom is -0.465 e. The summed E-state index contributed by atoms with van der Waals surface area (Å²) < 4.78 is 4.67. The SMILES string of the molecule is CCCCCC(=O)N(C)c1cccc(C(=O)OC)c1N=C=O. The predicted octanol–water partition coefficient (Wildman–Crippen LogP) is 2.98. The molecule has 0 atom stereocenters. The van der Waals surface area contributed by atoms with E-state index in [9.17, 15) is 14.4 Å². The van der Waals surface area contributed by atoms with Crippen LogP contribution in [0.1, 0.15) is 43.0 Å². The number of benzene rings is 1. The van der Waals surface area contributed by atoms with Gasteiger partial charge in [0.2, 0.25) is 12.0 Å². The molecule has 0 aliphatic heterocycles. The number of carbonyl (C=O) groups excluding carboxylic acids is 3. The number of para-hydroxylation sites is 1. The Bertz CT molecular complexity index is 592. The van der Waals surface area contributed by atoms with Crippen molar-refractivity contribution in [3.05, 3.63) is 23.8 Å². The van der Waals surface area contributed by atoms with Crippen molar-refractivity contribution in [3.63, 3.8) is 0 Å². The third-order valence-electron chi connectivity index (χ3n) is 3.31. The molecule has 118 valence electrons. The molecular weight excluding hydrogens is 284 g/mol. The van der Waals surface area contributed by atoms with E-state index in [1.165, 1.54) is 24.2 Å². The smallest absolute Gasteiger partial charge is 0.340 e. The van der Waals surface area contributed by atoms with Gasteiger partial charge in [-0.3, -0.25) is 4.79 Å². The van der Waals surface area contributed by atoms with E-state index in [0.29, 0.717) is 12.1 Å². The summed E-state index contributed by atoms with van der Waals surface area (Å²) in [4.78, 5) is 39.6. The van der Waals surface area contributed by atoms with E-state index in [2.05, 4.69) is 16.7 Å². The van der Waals surface area contributed by atoms with E-state index in [1.54, 1.807) is 19.2 Å². The molecule has 0 fully saturated rings. The first-order chi connectivity index (χ1) is 10.6. The number of rotatable bonds is 7. The van der Waals surface area contributed by atoms with E-state index in [-0.39, 0.29) is 17.2 Å². The standard InChI is InChI=1S/C16H20N2O4/c1-4-5-6-10-14(20)18(2)13-9-7-8-12(16(21)22-3)15(13)17-11-19/h7-9H,4-6,10H2,1-3H3. The Morgan fingerprint density at radius 3 is 2.64 bits per heavy atom. The number of isocyanates is 1. The van der Waals surface area contributed by atoms with Crippen molar-refractivity contribution >= 4 is 29.3 Å². The summed E-state index contributed by atoms with van der Waals surface area (Å²) in [6.45, 7) is 2.06. The van der Waals surface area contributed by atoms with Crippen LogP contribution in [-0.2, 0) is 14.3 Å². The van der Waals surface area contributed by atoms with E-state index in [1.807, 2.05) is 0 Å². The molecule has 0 saturated carbocycles. The summed E-state index contributed by atoms with van der Waals surface area (Å²) in [5.41, 5.74) is 0.597. The van der Waals surface area contributed by atoms with Crippen LogP contribution in [0.25, 0.3) is 0 Å². The molecule has 0 aromatic heterocycles. The van der Waals surface area contributed by atoms with Gasteiger partial charge in [0.1, 0.15) is 5.69 Å². The van der Waals surface area contributed by atoms with Crippen molar-refractivity contribution in [1.29, 1.82) is 0 Å². The summed E-state index contributed by atoms with van der Waals surface area (Å²) in [5, 5.41) is 0. The highest BCUT2D eigenvalue weighted by Gasteiger charge is 2.20. The quantitative estimate of drug-likeness (QED) is 0.336. The monoisotopic (exact) mass is 304 g/mol. The van der Waals surface area contributed by atoms with E-state index < -0.39 is 5.97 Å². The molecule has 1 amide bonds. The molecule has 0 spiro atoms. The van der Waals surface area contributed by atoms with Crippen molar-refractivity contribution in [2.45, 2.75) is 32.6 Å². The van der Waals surface area contributed by atoms with Crippen molar-refractivity contribution in [3.8, 4) is 0 Å². The third kappa shape index (κ3) is 4.27. The van der Waals surface area contributed by atoms with Gasteiger partial charge in [0, 0.05) is 13.5 Å². The number of amides is 1. The summed E-state index contributed by atoms with van der Waals surface area (Å²) in [5.74, 6) is -0.722. The second-order valence-corrected chi connectivity index (χ2v) is 4.78. The maximum atomic E-state index is 12.2. The van der Waals surface area contributed by atoms with Gasteiger partial charge in [-0.05, 0) is 18.6 Å². The Kier molecular flexibility index (Phi) is 6.99. The van der Waals surface area contributed by atoms with Crippen LogP contribution in [0.4, 0.5) is 11.4 Å². The van der Waals surface area contributed by atoms with Gasteiger partial charge in [0.15, 0.2) is 0 Å². The minimum atomic E-state index is -0.623. The highest BCUT2D eigenvalue weighted by molar-refractivity contribution is 6.03. The number of nitrogens with zero attached hydrogens (tertiary/aromatic N) is 2. The van der Waals surface area contributed by atoms with Crippen molar-refractivity contribution in [1.82, 2.24) is 0 Å². The molecule has 0 radical (unpaired) electrons. The van der Waals surface area contributed by atoms with Crippen LogP contribution < -0.4 is 4.90 Å². The molecule has 0 aliphatic carbocycles. The number of anilines is 1. The lowest BCUT2D eigenvalue weighted by atomic mass is 10.1. The van der Waals surface area contributed by atoms with Gasteiger partial charge in [-0.1, -0.05) is 25.8 Å². The fourth-order valence-electron chi connectivity index (χ4n) is 2.07. The summed E-state index contributed by atoms with van der Waals surface area (Å²) >= 11 is 0. The van der Waals surface area contributed by atoms with Crippen LogP contribution in [0.2, 0.25) is 0 Å². The fraction of sp³-hybridized carbons (Fsp3) is 0.438. The van der Waals surface area contributed by atoms with E-state index in [0.717, 1.165) is 19.3 Å². The zero-order valence-corrected chi connectivity index (χ0v) is 13.1. The van der Waals surface area contributed by atoms with Gasteiger partial charge < -0.3 is 9.64 Å². The highest BCUT2D eigenvalue weighted by atomic mass is 16.5. The molecule has 1 aromatic rings. The average molecular weight is 304 g/mol. The summed E-state index contributed by atoms with van der Waals surface area (Å²) in [6.07, 6.45) is 4.61. The lowest BCUT2D eigenvalue weighted by molar-refractivity contribution is -0.118. The number of esters is 1. The molecule has 0 aliphatic rings. The largest absolute Gasteiger partial charge is 0.465 e. The Morgan fingerprint density at radius 2 is 2.05 bits per heavy atom. The normalized spacial score (nSPS) is 9.77. The minimum absolute atomic E-state index is 0.0932. The van der Waals surface area contributed by atoms with Crippen molar-refractivity contribution in [2.75, 3.05) is 19.1 Å². The average Bonchev–Trinajstić information content (AvgIpc) is 2.54. The predicted molar refractivity (Wildman–Crippen MR) is 83.1 cm³/mol. The number of methoxy groups -OCH3 is 1. The van der Waals surface area contributed by atoms with Crippen LogP contribution in [0.3, 0.4) is 0 Å². The van der Waals surface area contributed by atoms with Gasteiger partial charge >= 0.3 is 5.97 Å². The second kappa shape index (κ2) is 8.74. The molecule has 1 rings (SSSR count). The molecule has 0 bridgehead atoms. The Morgan fingerprint density at radius 1 is 1.32 bits per heavy atom. The zero-order valence-electron chi connectivity index (χ0n) is 13.1. The topological polar surface area (TPSA) is 76.0 Å². The first-order valence-electron chi connectivity index (χ1n) is 7.12. The molecule has 0 heterocycles. The Labute approximate surface area is 129 Å². The first kappa shape index (κ1) is 17.6. The van der Waals surface area contributed by atoms with Crippen LogP contribution >= 0.6 is 0 Å². The second-order valence-electron chi connectivity index (χ2n) is 4.78. The molecule has 22 heavy (non-hydrogen) atoms. The van der Waals surface area contributed by atoms with Crippen LogP contribution in [0, 0.1) is 0 Å². The number of hydrogen-bond donors (Lipinski definition) is 0. The lowest BCUT2D eigenvalue weighted by Crippen LogP contribution is -2.26. The molecular formula is C16H20N2O4. The van der Waals surface area contributed by atoms with Crippen LogP contribution in [0.15, 0.2) is 23.2 Å². The van der Waals surface area contributed by atoms with Crippen LogP contribution in [0.5, 0.6) is 0 Å². The third-order valence-corrected chi connectivity index (χ3v) is 3.31. The molecule has 6 nitrogen and oxygen atoms in total. The number of carbonyl (C=O) groups is 2. The lowest BCUT2D eigenvalue weighted by Gasteiger charge is -2.20. The van der Waals surface area contributed by atoms with Gasteiger partial charge in [0.05, 0.1) is 18.4 Å². The fourth-order valence-corrected chi connectivity index (χ4v) is 2.07. The molecule has 0 unspecified atom stereocenters. The van der Waals surface area contributed by atoms with Gasteiger partial charge in [0.25, 0.3) is 0 Å². The van der Waals surface area contributed by atoms with E-state index >= 15 is 0 Å². The van der Waals surface area contributed by atoms with E-state index in [4.69, 9.17) is 0 Å². The number of unbranched alkanes of at least 4 members (excludes halogenated alkanes) is 2. The van der Waals surface area contributed by atoms with Crippen LogP contribution in [-0.4, -0.2) is 32.1 Å². The molecule has 6 heteroatoms. The van der Waals surface area contributed by atoms with Crippen molar-refractivity contribution in [2.24, 2.45) is 4.99 Å². The maximum Gasteiger partial charge on any atom is 0.340 e.